The van der Waals surface area contributed by atoms with E-state index in [2.05, 4.69) is 21.9 Å². The van der Waals surface area contributed by atoms with E-state index < -0.39 is 18.2 Å². The van der Waals surface area contributed by atoms with Crippen molar-refractivity contribution in [3.05, 3.63) is 17.9 Å². The number of ether oxygens (including phenoxy) is 1. The van der Waals surface area contributed by atoms with Crippen molar-refractivity contribution in [1.82, 2.24) is 4.90 Å². The Morgan fingerprint density at radius 3 is 2.67 bits per heavy atom. The lowest BCUT2D eigenvalue weighted by Crippen LogP contribution is -2.36. The monoisotopic (exact) mass is 303 g/mol. The Morgan fingerprint density at radius 2 is 2.10 bits per heavy atom. The number of nitrogens with zero attached hydrogens (tertiary/aromatic N) is 1. The van der Waals surface area contributed by atoms with Gasteiger partial charge in [-0.15, -0.1) is 0 Å². The van der Waals surface area contributed by atoms with Crippen molar-refractivity contribution < 1.29 is 17.9 Å². The van der Waals surface area contributed by atoms with Crippen LogP contribution < -0.4 is 15.8 Å². The molecule has 1 aromatic rings. The van der Waals surface area contributed by atoms with E-state index in [-0.39, 0.29) is 11.7 Å². The molecule has 2 rings (SSSR count). The first-order valence-corrected chi connectivity index (χ1v) is 6.88. The van der Waals surface area contributed by atoms with Crippen LogP contribution in [0.5, 0.6) is 5.75 Å². The number of nitrogens with two attached hydrogens (primary N) is 1. The molecule has 0 aromatic heterocycles. The van der Waals surface area contributed by atoms with Gasteiger partial charge in [0.05, 0.1) is 11.4 Å². The molecule has 0 heterocycles. The molecule has 1 saturated carbocycles. The number of nitrogen functional groups attached to an aromatic ring is 1. The summed E-state index contributed by atoms with van der Waals surface area (Å²) in [6.07, 6.45) is 2.40. The number of rotatable bonds is 7. The fourth-order valence-electron chi connectivity index (χ4n) is 2.15. The van der Waals surface area contributed by atoms with Gasteiger partial charge in [-0.1, -0.05) is 0 Å². The van der Waals surface area contributed by atoms with Crippen LogP contribution in [0.25, 0.3) is 0 Å². The quantitative estimate of drug-likeness (QED) is 0.761. The predicted octanol–water partition coefficient (Wildman–Crippen LogP) is 2.90. The summed E-state index contributed by atoms with van der Waals surface area (Å²) in [5, 5.41) is 3.06. The predicted molar refractivity (Wildman–Crippen MR) is 76.2 cm³/mol. The minimum Gasteiger partial charge on any atom is -0.432 e. The van der Waals surface area contributed by atoms with E-state index in [4.69, 9.17) is 5.73 Å². The van der Waals surface area contributed by atoms with Gasteiger partial charge in [-0.05, 0) is 26.8 Å². The van der Waals surface area contributed by atoms with Gasteiger partial charge in [0.15, 0.2) is 11.6 Å². The van der Waals surface area contributed by atoms with Crippen LogP contribution in [0.1, 0.15) is 19.8 Å². The van der Waals surface area contributed by atoms with Gasteiger partial charge in [-0.25, -0.2) is 4.39 Å². The molecule has 1 fully saturated rings. The van der Waals surface area contributed by atoms with E-state index in [1.54, 1.807) is 0 Å². The topological polar surface area (TPSA) is 50.5 Å². The maximum Gasteiger partial charge on any atom is 0.387 e. The lowest BCUT2D eigenvalue weighted by molar-refractivity contribution is -0.0521. The highest BCUT2D eigenvalue weighted by Gasteiger charge is 2.29. The van der Waals surface area contributed by atoms with Gasteiger partial charge >= 0.3 is 6.61 Å². The first-order chi connectivity index (χ1) is 9.88. The summed E-state index contributed by atoms with van der Waals surface area (Å²) in [6, 6.07) is 3.02. The van der Waals surface area contributed by atoms with Gasteiger partial charge in [0, 0.05) is 30.8 Å². The second-order valence-corrected chi connectivity index (χ2v) is 5.37. The molecule has 0 aliphatic heterocycles. The molecule has 0 spiro atoms. The number of alkyl halides is 2. The molecule has 0 bridgehead atoms. The average Bonchev–Trinajstić information content (AvgIpc) is 3.23. The maximum atomic E-state index is 13.5. The molecule has 0 saturated heterocycles. The summed E-state index contributed by atoms with van der Waals surface area (Å²) in [5.74, 6) is -1.41. The summed E-state index contributed by atoms with van der Waals surface area (Å²) in [4.78, 5) is 2.25. The van der Waals surface area contributed by atoms with Crippen LogP contribution in [0, 0.1) is 5.82 Å². The molecule has 118 valence electrons. The lowest BCUT2D eigenvalue weighted by atomic mass is 10.2. The molecular formula is C14H20F3N3O. The number of benzene rings is 1. The van der Waals surface area contributed by atoms with Crippen LogP contribution in [0.15, 0.2) is 12.1 Å². The van der Waals surface area contributed by atoms with Gasteiger partial charge in [-0.3, -0.25) is 4.90 Å². The largest absolute Gasteiger partial charge is 0.432 e. The van der Waals surface area contributed by atoms with E-state index in [9.17, 15) is 13.2 Å². The van der Waals surface area contributed by atoms with Crippen LogP contribution in [-0.2, 0) is 0 Å². The summed E-state index contributed by atoms with van der Waals surface area (Å²) in [7, 11) is 2.05. The fourth-order valence-corrected chi connectivity index (χ4v) is 2.15. The summed E-state index contributed by atoms with van der Waals surface area (Å²) in [6.45, 7) is -0.436. The van der Waals surface area contributed by atoms with Crippen molar-refractivity contribution in [3.63, 3.8) is 0 Å². The van der Waals surface area contributed by atoms with E-state index in [1.165, 1.54) is 18.9 Å². The number of anilines is 2. The van der Waals surface area contributed by atoms with Crippen LogP contribution in [0.3, 0.4) is 0 Å². The highest BCUT2D eigenvalue weighted by atomic mass is 19.3. The number of hydrogen-bond acceptors (Lipinski definition) is 4. The molecule has 1 aromatic carbocycles. The van der Waals surface area contributed by atoms with Crippen LogP contribution in [-0.4, -0.2) is 37.2 Å². The normalized spacial score (nSPS) is 16.3. The standard InChI is InChI=1S/C14H20F3N3O/c1-8(20(2)9-3-4-9)7-19-12-6-13(21-14(16)17)10(15)5-11(12)18/h5-6,8-9,14,19H,3-4,7,18H2,1-2H3. The Morgan fingerprint density at radius 1 is 1.43 bits per heavy atom. The smallest absolute Gasteiger partial charge is 0.387 e. The molecule has 1 unspecified atom stereocenters. The van der Waals surface area contributed by atoms with Gasteiger partial charge in [0.25, 0.3) is 0 Å². The highest BCUT2D eigenvalue weighted by molar-refractivity contribution is 5.68. The zero-order valence-corrected chi connectivity index (χ0v) is 12.1. The van der Waals surface area contributed by atoms with Crippen LogP contribution >= 0.6 is 0 Å². The maximum absolute atomic E-state index is 13.5. The molecule has 7 heteroatoms. The van der Waals surface area contributed by atoms with Gasteiger partial charge < -0.3 is 15.8 Å². The molecule has 0 amide bonds. The first kappa shape index (κ1) is 15.8. The molecule has 1 aliphatic rings. The third-order valence-corrected chi connectivity index (χ3v) is 3.73. The van der Waals surface area contributed by atoms with Crippen molar-refractivity contribution in [3.8, 4) is 5.75 Å². The van der Waals surface area contributed by atoms with Crippen molar-refractivity contribution in [1.29, 1.82) is 0 Å². The Labute approximate surface area is 122 Å². The van der Waals surface area contributed by atoms with E-state index in [1.807, 2.05) is 7.05 Å². The second-order valence-electron chi connectivity index (χ2n) is 5.37. The Kier molecular flexibility index (Phi) is 4.82. The molecule has 21 heavy (non-hydrogen) atoms. The molecule has 0 radical (unpaired) electrons. The van der Waals surface area contributed by atoms with Crippen molar-refractivity contribution in [2.45, 2.75) is 38.5 Å². The van der Waals surface area contributed by atoms with Crippen LogP contribution in [0.2, 0.25) is 0 Å². The van der Waals surface area contributed by atoms with Gasteiger partial charge in [-0.2, -0.15) is 8.78 Å². The van der Waals surface area contributed by atoms with Crippen molar-refractivity contribution in [2.75, 3.05) is 24.6 Å². The fraction of sp³-hybridized carbons (Fsp3) is 0.571. The molecule has 1 aliphatic carbocycles. The summed E-state index contributed by atoms with van der Waals surface area (Å²) >= 11 is 0. The van der Waals surface area contributed by atoms with Crippen molar-refractivity contribution >= 4 is 11.4 Å². The number of likely N-dealkylation sites (N-methyl/N-ethyl adjacent to an activating group) is 1. The molecule has 1 atom stereocenters. The number of halogens is 3. The zero-order valence-electron chi connectivity index (χ0n) is 12.1. The Hall–Kier alpha value is -1.63. The zero-order chi connectivity index (χ0) is 15.6. The molecular weight excluding hydrogens is 283 g/mol. The number of nitrogens with one attached hydrogen (secondary N) is 1. The third-order valence-electron chi connectivity index (χ3n) is 3.73. The van der Waals surface area contributed by atoms with E-state index in [0.29, 0.717) is 18.3 Å². The molecule has 4 nitrogen and oxygen atoms in total. The highest BCUT2D eigenvalue weighted by Crippen LogP contribution is 2.30. The van der Waals surface area contributed by atoms with E-state index in [0.717, 1.165) is 6.07 Å². The average molecular weight is 303 g/mol. The number of hydrogen-bond donors (Lipinski definition) is 2. The van der Waals surface area contributed by atoms with Gasteiger partial charge in [0.1, 0.15) is 0 Å². The van der Waals surface area contributed by atoms with Gasteiger partial charge in [0.2, 0.25) is 0 Å². The van der Waals surface area contributed by atoms with Crippen molar-refractivity contribution in [2.24, 2.45) is 0 Å². The second kappa shape index (κ2) is 6.43. The Balaban J connectivity index is 2.01. The Bertz CT molecular complexity index is 495. The minimum atomic E-state index is -3.07. The van der Waals surface area contributed by atoms with Crippen LogP contribution in [0.4, 0.5) is 24.5 Å². The summed E-state index contributed by atoms with van der Waals surface area (Å²) < 4.78 is 42.0. The molecule has 3 N–H and O–H groups in total. The first-order valence-electron chi connectivity index (χ1n) is 6.88. The van der Waals surface area contributed by atoms with E-state index >= 15 is 0 Å². The summed E-state index contributed by atoms with van der Waals surface area (Å²) in [5.41, 5.74) is 6.25. The SMILES string of the molecule is CC(CNc1cc(OC(F)F)c(F)cc1N)N(C)C1CC1. The lowest BCUT2D eigenvalue weighted by Gasteiger charge is -2.25. The minimum absolute atomic E-state index is 0.162. The third kappa shape index (κ3) is 4.17.